The van der Waals surface area contributed by atoms with Gasteiger partial charge in [0.15, 0.2) is 10.7 Å². The number of benzene rings is 1. The number of carboxylic acid groups (broad SMARTS) is 1. The zero-order valence-electron chi connectivity index (χ0n) is 10.8. The Morgan fingerprint density at radius 2 is 1.95 bits per heavy atom. The second-order valence-electron chi connectivity index (χ2n) is 4.48. The summed E-state index contributed by atoms with van der Waals surface area (Å²) in [6.07, 6.45) is 0. The van der Waals surface area contributed by atoms with Gasteiger partial charge in [-0.1, -0.05) is 23.7 Å². The van der Waals surface area contributed by atoms with Crippen LogP contribution in [0.3, 0.4) is 0 Å². The van der Waals surface area contributed by atoms with Crippen molar-refractivity contribution >= 4 is 33.9 Å². The molecule has 0 saturated heterocycles. The molecule has 1 aromatic carbocycles. The first kappa shape index (κ1) is 13.1. The minimum atomic E-state index is -0.969. The van der Waals surface area contributed by atoms with Crippen molar-refractivity contribution < 1.29 is 9.90 Å². The molecule has 0 fully saturated rings. The van der Waals surface area contributed by atoms with Crippen molar-refractivity contribution in [2.24, 2.45) is 0 Å². The fourth-order valence-corrected chi connectivity index (χ4v) is 3.48. The van der Waals surface area contributed by atoms with Gasteiger partial charge in [-0.25, -0.2) is 9.78 Å². The number of hydrogen-bond donors (Lipinski definition) is 1. The number of carboxylic acids is 1. The summed E-state index contributed by atoms with van der Waals surface area (Å²) in [6, 6.07) is 7.36. The van der Waals surface area contributed by atoms with Gasteiger partial charge in [0.2, 0.25) is 0 Å². The summed E-state index contributed by atoms with van der Waals surface area (Å²) in [5.41, 5.74) is 2.53. The van der Waals surface area contributed by atoms with E-state index in [2.05, 4.69) is 4.98 Å². The van der Waals surface area contributed by atoms with Crippen molar-refractivity contribution in [3.63, 3.8) is 0 Å². The molecule has 0 amide bonds. The summed E-state index contributed by atoms with van der Waals surface area (Å²) in [7, 11) is 0. The molecule has 3 rings (SSSR count). The second-order valence-corrected chi connectivity index (χ2v) is 6.10. The highest BCUT2D eigenvalue weighted by Gasteiger charge is 2.22. The lowest BCUT2D eigenvalue weighted by Gasteiger charge is -2.04. The topological polar surface area (TPSA) is 54.6 Å². The normalized spacial score (nSPS) is 11.2. The van der Waals surface area contributed by atoms with E-state index in [9.17, 15) is 9.90 Å². The first-order chi connectivity index (χ1) is 9.49. The maximum atomic E-state index is 11.5. The molecular weight excluding hydrogens is 296 g/mol. The Hall–Kier alpha value is -1.85. The van der Waals surface area contributed by atoms with E-state index in [4.69, 9.17) is 11.6 Å². The second kappa shape index (κ2) is 4.61. The van der Waals surface area contributed by atoms with Gasteiger partial charge in [0.05, 0.1) is 11.4 Å². The quantitative estimate of drug-likeness (QED) is 0.777. The molecule has 0 aliphatic rings. The van der Waals surface area contributed by atoms with Crippen LogP contribution in [0.1, 0.15) is 21.1 Å². The highest BCUT2D eigenvalue weighted by atomic mass is 35.5. The average molecular weight is 307 g/mol. The summed E-state index contributed by atoms with van der Waals surface area (Å²) in [5, 5.41) is 10.1. The Morgan fingerprint density at radius 3 is 2.55 bits per heavy atom. The number of hydrogen-bond acceptors (Lipinski definition) is 3. The van der Waals surface area contributed by atoms with E-state index >= 15 is 0 Å². The number of imidazole rings is 1. The monoisotopic (exact) mass is 306 g/mol. The smallest absolute Gasteiger partial charge is 0.354 e. The van der Waals surface area contributed by atoms with Gasteiger partial charge in [-0.05, 0) is 31.5 Å². The van der Waals surface area contributed by atoms with Crippen molar-refractivity contribution in [2.75, 3.05) is 0 Å². The van der Waals surface area contributed by atoms with E-state index in [1.54, 1.807) is 23.5 Å². The number of aromatic nitrogens is 2. The van der Waals surface area contributed by atoms with Gasteiger partial charge in [-0.2, -0.15) is 0 Å². The maximum absolute atomic E-state index is 11.5. The third-order valence-electron chi connectivity index (χ3n) is 3.14. The Kier molecular flexibility index (Phi) is 3.03. The lowest BCUT2D eigenvalue weighted by molar-refractivity contribution is 0.0688. The average Bonchev–Trinajstić information content (AvgIpc) is 2.83. The summed E-state index contributed by atoms with van der Waals surface area (Å²) in [4.78, 5) is 17.5. The lowest BCUT2D eigenvalue weighted by atomic mass is 10.1. The van der Waals surface area contributed by atoms with Gasteiger partial charge in [-0.3, -0.25) is 4.40 Å². The molecule has 0 saturated carbocycles. The van der Waals surface area contributed by atoms with Crippen LogP contribution in [0.2, 0.25) is 5.02 Å². The van der Waals surface area contributed by atoms with Crippen LogP contribution in [0, 0.1) is 13.8 Å². The number of halogens is 1. The van der Waals surface area contributed by atoms with Gasteiger partial charge >= 0.3 is 5.97 Å². The van der Waals surface area contributed by atoms with Crippen LogP contribution in [0.15, 0.2) is 24.3 Å². The minimum Gasteiger partial charge on any atom is -0.477 e. The predicted octanol–water partition coefficient (Wildman–Crippen LogP) is 4.03. The van der Waals surface area contributed by atoms with Crippen LogP contribution in [-0.2, 0) is 0 Å². The number of aromatic carboxylic acids is 1. The highest BCUT2D eigenvalue weighted by Crippen LogP contribution is 2.33. The van der Waals surface area contributed by atoms with Gasteiger partial charge in [0.25, 0.3) is 0 Å². The Balaban J connectivity index is 2.37. The molecule has 2 aromatic heterocycles. The van der Waals surface area contributed by atoms with E-state index in [-0.39, 0.29) is 5.69 Å². The van der Waals surface area contributed by atoms with Gasteiger partial charge in [0, 0.05) is 9.90 Å². The number of rotatable bonds is 2. The third kappa shape index (κ3) is 1.90. The first-order valence-electron chi connectivity index (χ1n) is 5.96. The summed E-state index contributed by atoms with van der Waals surface area (Å²) in [5.74, 6) is -0.969. The van der Waals surface area contributed by atoms with E-state index in [0.29, 0.717) is 15.7 Å². The maximum Gasteiger partial charge on any atom is 0.354 e. The van der Waals surface area contributed by atoms with Gasteiger partial charge < -0.3 is 5.11 Å². The molecule has 102 valence electrons. The fourth-order valence-electron chi connectivity index (χ4n) is 2.31. The van der Waals surface area contributed by atoms with Crippen molar-refractivity contribution in [2.45, 2.75) is 13.8 Å². The molecular formula is C14H11ClN2O2S. The number of fused-ring (bicyclic) bond motifs is 1. The molecule has 20 heavy (non-hydrogen) atoms. The molecule has 6 heteroatoms. The van der Waals surface area contributed by atoms with Gasteiger partial charge in [0.1, 0.15) is 0 Å². The molecule has 3 aromatic rings. The van der Waals surface area contributed by atoms with Crippen LogP contribution >= 0.6 is 22.9 Å². The zero-order valence-corrected chi connectivity index (χ0v) is 12.4. The molecule has 0 atom stereocenters. The molecule has 0 bridgehead atoms. The van der Waals surface area contributed by atoms with Gasteiger partial charge in [-0.15, -0.1) is 11.3 Å². The van der Waals surface area contributed by atoms with Crippen LogP contribution in [0.4, 0.5) is 0 Å². The molecule has 0 aliphatic heterocycles. The largest absolute Gasteiger partial charge is 0.477 e. The Morgan fingerprint density at radius 1 is 1.30 bits per heavy atom. The SMILES string of the molecule is Cc1nc2sc(C)c(-c3ccc(Cl)cc3)n2c1C(=O)O. The van der Waals surface area contributed by atoms with E-state index < -0.39 is 5.97 Å². The Bertz CT molecular complexity index is 818. The molecule has 2 heterocycles. The van der Waals surface area contributed by atoms with Crippen molar-refractivity contribution in [3.8, 4) is 11.3 Å². The number of aryl methyl sites for hydroxylation is 2. The van der Waals surface area contributed by atoms with E-state index in [0.717, 1.165) is 16.1 Å². The molecule has 0 spiro atoms. The summed E-state index contributed by atoms with van der Waals surface area (Å²) < 4.78 is 1.71. The molecule has 0 unspecified atom stereocenters. The highest BCUT2D eigenvalue weighted by molar-refractivity contribution is 7.17. The molecule has 0 radical (unpaired) electrons. The zero-order chi connectivity index (χ0) is 14.4. The first-order valence-corrected chi connectivity index (χ1v) is 7.16. The summed E-state index contributed by atoms with van der Waals surface area (Å²) >= 11 is 7.39. The molecule has 4 nitrogen and oxygen atoms in total. The van der Waals surface area contributed by atoms with Crippen LogP contribution < -0.4 is 0 Å². The number of thiazole rings is 1. The predicted molar refractivity (Wildman–Crippen MR) is 79.9 cm³/mol. The third-order valence-corrected chi connectivity index (χ3v) is 4.35. The van der Waals surface area contributed by atoms with E-state index in [1.807, 2.05) is 19.1 Å². The van der Waals surface area contributed by atoms with E-state index in [1.165, 1.54) is 11.3 Å². The number of nitrogens with zero attached hydrogens (tertiary/aromatic N) is 2. The summed E-state index contributed by atoms with van der Waals surface area (Å²) in [6.45, 7) is 3.67. The van der Waals surface area contributed by atoms with Crippen LogP contribution in [0.5, 0.6) is 0 Å². The van der Waals surface area contributed by atoms with Crippen LogP contribution in [0.25, 0.3) is 16.2 Å². The number of carbonyl (C=O) groups is 1. The Labute approximate surface area is 124 Å². The van der Waals surface area contributed by atoms with Crippen molar-refractivity contribution in [1.82, 2.24) is 9.38 Å². The fraction of sp³-hybridized carbons (Fsp3) is 0.143. The minimum absolute atomic E-state index is 0.217. The van der Waals surface area contributed by atoms with Crippen molar-refractivity contribution in [1.29, 1.82) is 0 Å². The lowest BCUT2D eigenvalue weighted by Crippen LogP contribution is -2.04. The standard InChI is InChI=1S/C14H11ClN2O2S/c1-7-11(13(18)19)17-12(8(2)20-14(17)16-7)9-3-5-10(15)6-4-9/h3-6H,1-2H3,(H,18,19). The van der Waals surface area contributed by atoms with Crippen LogP contribution in [-0.4, -0.2) is 20.5 Å². The van der Waals surface area contributed by atoms with Crippen molar-refractivity contribution in [3.05, 3.63) is 45.6 Å². The molecule has 0 aliphatic carbocycles. The molecule has 1 N–H and O–H groups in total.